The maximum atomic E-state index is 5.20. The summed E-state index contributed by atoms with van der Waals surface area (Å²) in [7, 11) is 3.40. The van der Waals surface area contributed by atoms with Crippen LogP contribution in [0.25, 0.3) is 0 Å². The molecule has 5 heteroatoms. The number of anilines is 2. The minimum Gasteiger partial charge on any atom is -0.497 e. The molecule has 0 saturated carbocycles. The zero-order valence-electron chi connectivity index (χ0n) is 14.9. The summed E-state index contributed by atoms with van der Waals surface area (Å²) in [5.74, 6) is 2.25. The lowest BCUT2D eigenvalue weighted by atomic mass is 10.1. The van der Waals surface area contributed by atoms with E-state index in [1.807, 2.05) is 60.7 Å². The van der Waals surface area contributed by atoms with Gasteiger partial charge in [-0.1, -0.05) is 36.4 Å². The summed E-state index contributed by atoms with van der Waals surface area (Å²) in [5, 5.41) is 6.47. The van der Waals surface area contributed by atoms with Gasteiger partial charge in [0.15, 0.2) is 0 Å². The lowest BCUT2D eigenvalue weighted by molar-refractivity contribution is 0.414. The fourth-order valence-corrected chi connectivity index (χ4v) is 2.52. The van der Waals surface area contributed by atoms with Crippen LogP contribution >= 0.6 is 0 Å². The molecule has 0 aliphatic carbocycles. The Morgan fingerprint density at radius 3 is 2.38 bits per heavy atom. The average molecular weight is 346 g/mol. The van der Waals surface area contributed by atoms with Crippen molar-refractivity contribution in [3.8, 4) is 5.75 Å². The van der Waals surface area contributed by atoms with Crippen molar-refractivity contribution >= 4 is 17.5 Å². The molecule has 0 radical (unpaired) electrons. The summed E-state index contributed by atoms with van der Waals surface area (Å²) >= 11 is 0. The Hall–Kier alpha value is -3.34. The van der Waals surface area contributed by atoms with Crippen molar-refractivity contribution < 1.29 is 4.74 Å². The lowest BCUT2D eigenvalue weighted by Gasteiger charge is -2.12. The van der Waals surface area contributed by atoms with Crippen LogP contribution in [0.3, 0.4) is 0 Å². The normalized spacial score (nSPS) is 11.1. The molecule has 2 aromatic carbocycles. The minimum absolute atomic E-state index is 0.644. The van der Waals surface area contributed by atoms with Crippen LogP contribution in [0.1, 0.15) is 11.3 Å². The molecular formula is C21H22N4O. The SMILES string of the molecule is CN=C(Nc1ccccc1)Nc1cccc(Cc2ccc(OC)cc2)n1. The predicted molar refractivity (Wildman–Crippen MR) is 107 cm³/mol. The molecule has 0 atom stereocenters. The number of rotatable bonds is 5. The third kappa shape index (κ3) is 4.83. The van der Waals surface area contributed by atoms with Crippen LogP contribution in [0, 0.1) is 0 Å². The first-order valence-electron chi connectivity index (χ1n) is 8.41. The molecule has 0 bridgehead atoms. The molecule has 3 rings (SSSR count). The first kappa shape index (κ1) is 17.5. The highest BCUT2D eigenvalue weighted by Gasteiger charge is 2.04. The van der Waals surface area contributed by atoms with E-state index in [0.717, 1.165) is 29.4 Å². The lowest BCUT2D eigenvalue weighted by Crippen LogP contribution is -2.22. The standard InChI is InChI=1S/C21H22N4O/c1-22-21(24-17-7-4-3-5-8-17)25-20-10-6-9-18(23-20)15-16-11-13-19(26-2)14-12-16/h3-14H,15H2,1-2H3,(H2,22,23,24,25). The number of para-hydroxylation sites is 1. The van der Waals surface area contributed by atoms with Gasteiger partial charge < -0.3 is 15.4 Å². The quantitative estimate of drug-likeness (QED) is 0.537. The van der Waals surface area contributed by atoms with E-state index >= 15 is 0 Å². The number of ether oxygens (including phenoxy) is 1. The van der Waals surface area contributed by atoms with E-state index in [2.05, 4.69) is 32.7 Å². The topological polar surface area (TPSA) is 58.5 Å². The summed E-state index contributed by atoms with van der Waals surface area (Å²) in [4.78, 5) is 8.93. The monoisotopic (exact) mass is 346 g/mol. The van der Waals surface area contributed by atoms with Crippen LogP contribution in [0.2, 0.25) is 0 Å². The van der Waals surface area contributed by atoms with E-state index in [9.17, 15) is 0 Å². The first-order chi connectivity index (χ1) is 12.8. The molecule has 132 valence electrons. The molecule has 2 N–H and O–H groups in total. The summed E-state index contributed by atoms with van der Waals surface area (Å²) in [6.07, 6.45) is 0.754. The van der Waals surface area contributed by atoms with Crippen LogP contribution in [-0.4, -0.2) is 25.1 Å². The zero-order chi connectivity index (χ0) is 18.2. The number of hydrogen-bond acceptors (Lipinski definition) is 3. The Labute approximate surface area is 153 Å². The Morgan fingerprint density at radius 2 is 1.69 bits per heavy atom. The summed E-state index contributed by atoms with van der Waals surface area (Å²) in [5.41, 5.74) is 3.13. The molecule has 0 aliphatic heterocycles. The van der Waals surface area contributed by atoms with Crippen molar-refractivity contribution in [2.45, 2.75) is 6.42 Å². The van der Waals surface area contributed by atoms with Crippen molar-refractivity contribution in [2.24, 2.45) is 4.99 Å². The number of aromatic nitrogens is 1. The molecule has 0 unspecified atom stereocenters. The third-order valence-electron chi connectivity index (χ3n) is 3.86. The smallest absolute Gasteiger partial charge is 0.201 e. The summed E-state index contributed by atoms with van der Waals surface area (Å²) < 4.78 is 5.20. The van der Waals surface area contributed by atoms with Crippen molar-refractivity contribution in [1.82, 2.24) is 4.98 Å². The largest absolute Gasteiger partial charge is 0.497 e. The number of pyridine rings is 1. The van der Waals surface area contributed by atoms with Crippen LogP contribution < -0.4 is 15.4 Å². The zero-order valence-corrected chi connectivity index (χ0v) is 14.9. The highest BCUT2D eigenvalue weighted by atomic mass is 16.5. The van der Waals surface area contributed by atoms with Gasteiger partial charge in [0.25, 0.3) is 0 Å². The highest BCUT2D eigenvalue weighted by molar-refractivity contribution is 6.02. The Balaban J connectivity index is 1.67. The second-order valence-electron chi connectivity index (χ2n) is 5.73. The molecule has 26 heavy (non-hydrogen) atoms. The van der Waals surface area contributed by atoms with E-state index < -0.39 is 0 Å². The molecule has 0 spiro atoms. The average Bonchev–Trinajstić information content (AvgIpc) is 2.69. The van der Waals surface area contributed by atoms with Gasteiger partial charge in [0.2, 0.25) is 5.96 Å². The number of nitrogens with one attached hydrogen (secondary N) is 2. The maximum Gasteiger partial charge on any atom is 0.201 e. The highest BCUT2D eigenvalue weighted by Crippen LogP contribution is 2.15. The molecule has 3 aromatic rings. The van der Waals surface area contributed by atoms with E-state index in [-0.39, 0.29) is 0 Å². The van der Waals surface area contributed by atoms with Crippen molar-refractivity contribution in [3.05, 3.63) is 84.1 Å². The number of aliphatic imine (C=N–C) groups is 1. The van der Waals surface area contributed by atoms with E-state index in [1.54, 1.807) is 14.2 Å². The van der Waals surface area contributed by atoms with Crippen LogP contribution in [-0.2, 0) is 6.42 Å². The second-order valence-corrected chi connectivity index (χ2v) is 5.73. The Bertz CT molecular complexity index is 861. The first-order valence-corrected chi connectivity index (χ1v) is 8.41. The van der Waals surface area contributed by atoms with Gasteiger partial charge in [0.05, 0.1) is 7.11 Å². The molecule has 0 aliphatic rings. The van der Waals surface area contributed by atoms with Gasteiger partial charge in [-0.2, -0.15) is 0 Å². The van der Waals surface area contributed by atoms with Gasteiger partial charge in [-0.3, -0.25) is 4.99 Å². The Kier molecular flexibility index (Phi) is 5.83. The van der Waals surface area contributed by atoms with Crippen molar-refractivity contribution in [3.63, 3.8) is 0 Å². The maximum absolute atomic E-state index is 5.20. The van der Waals surface area contributed by atoms with Crippen molar-refractivity contribution in [2.75, 3.05) is 24.8 Å². The van der Waals surface area contributed by atoms with Gasteiger partial charge in [-0.25, -0.2) is 4.98 Å². The second kappa shape index (κ2) is 8.67. The molecule has 5 nitrogen and oxygen atoms in total. The van der Waals surface area contributed by atoms with Gasteiger partial charge in [0.1, 0.15) is 11.6 Å². The molecule has 0 fully saturated rings. The molecule has 1 aromatic heterocycles. The van der Waals surface area contributed by atoms with Gasteiger partial charge in [0, 0.05) is 24.8 Å². The fraction of sp³-hybridized carbons (Fsp3) is 0.143. The minimum atomic E-state index is 0.644. The molecular weight excluding hydrogens is 324 g/mol. The number of hydrogen-bond donors (Lipinski definition) is 2. The van der Waals surface area contributed by atoms with Crippen molar-refractivity contribution in [1.29, 1.82) is 0 Å². The molecule has 0 amide bonds. The van der Waals surface area contributed by atoms with Gasteiger partial charge >= 0.3 is 0 Å². The third-order valence-corrected chi connectivity index (χ3v) is 3.86. The number of methoxy groups -OCH3 is 1. The predicted octanol–water partition coefficient (Wildman–Crippen LogP) is 4.19. The summed E-state index contributed by atoms with van der Waals surface area (Å²) in [6, 6.07) is 23.9. The van der Waals surface area contributed by atoms with E-state index in [1.165, 1.54) is 5.56 Å². The van der Waals surface area contributed by atoms with Gasteiger partial charge in [-0.15, -0.1) is 0 Å². The number of benzene rings is 2. The summed E-state index contributed by atoms with van der Waals surface area (Å²) in [6.45, 7) is 0. The fourth-order valence-electron chi connectivity index (χ4n) is 2.52. The molecule has 1 heterocycles. The van der Waals surface area contributed by atoms with E-state index in [4.69, 9.17) is 4.74 Å². The van der Waals surface area contributed by atoms with Crippen LogP contribution in [0.5, 0.6) is 5.75 Å². The van der Waals surface area contributed by atoms with Crippen LogP contribution in [0.15, 0.2) is 77.8 Å². The Morgan fingerprint density at radius 1 is 0.923 bits per heavy atom. The number of nitrogens with zero attached hydrogens (tertiary/aromatic N) is 2. The van der Waals surface area contributed by atoms with Crippen LogP contribution in [0.4, 0.5) is 11.5 Å². The number of guanidine groups is 1. The van der Waals surface area contributed by atoms with Gasteiger partial charge in [-0.05, 0) is 42.0 Å². The molecule has 0 saturated heterocycles. The van der Waals surface area contributed by atoms with E-state index in [0.29, 0.717) is 5.96 Å².